The highest BCUT2D eigenvalue weighted by Gasteiger charge is 2.10. The average Bonchev–Trinajstić information content (AvgIpc) is 2.75. The third kappa shape index (κ3) is 4.87. The van der Waals surface area contributed by atoms with E-state index in [4.69, 9.17) is 14.2 Å². The Morgan fingerprint density at radius 3 is 2.31 bits per heavy atom. The fraction of sp³-hybridized carbons (Fsp3) is 0.273. The summed E-state index contributed by atoms with van der Waals surface area (Å²) in [5.74, 6) is 1.77. The number of aryl methyl sites for hydroxylation is 1. The van der Waals surface area contributed by atoms with Crippen LogP contribution in [0.1, 0.15) is 17.5 Å². The number of aromatic amines is 1. The normalized spacial score (nSPS) is 10.6. The van der Waals surface area contributed by atoms with Gasteiger partial charge in [-0.3, -0.25) is 9.59 Å². The van der Waals surface area contributed by atoms with Gasteiger partial charge in [0.15, 0.2) is 11.5 Å². The van der Waals surface area contributed by atoms with Crippen LogP contribution in [0.15, 0.2) is 47.3 Å². The Kier molecular flexibility index (Phi) is 6.39. The van der Waals surface area contributed by atoms with Crippen molar-refractivity contribution in [1.82, 2.24) is 10.3 Å². The van der Waals surface area contributed by atoms with Crippen LogP contribution in [0.5, 0.6) is 17.2 Å². The van der Waals surface area contributed by atoms with Crippen LogP contribution in [0.3, 0.4) is 0 Å². The number of fused-ring (bicyclic) bond motifs is 1. The molecular weight excluding hydrogens is 372 g/mol. The molecule has 152 valence electrons. The molecule has 2 N–H and O–H groups in total. The van der Waals surface area contributed by atoms with Crippen molar-refractivity contribution in [3.63, 3.8) is 0 Å². The van der Waals surface area contributed by atoms with E-state index >= 15 is 0 Å². The smallest absolute Gasteiger partial charge is 0.253 e. The minimum absolute atomic E-state index is 0.118. The lowest BCUT2D eigenvalue weighted by Gasteiger charge is -2.10. The molecule has 1 amide bonds. The number of hydrogen-bond acceptors (Lipinski definition) is 5. The lowest BCUT2D eigenvalue weighted by atomic mass is 10.1. The summed E-state index contributed by atoms with van der Waals surface area (Å²) >= 11 is 0. The Bertz CT molecular complexity index is 1060. The van der Waals surface area contributed by atoms with Crippen molar-refractivity contribution in [3.05, 3.63) is 63.9 Å². The van der Waals surface area contributed by atoms with Crippen molar-refractivity contribution in [2.24, 2.45) is 0 Å². The van der Waals surface area contributed by atoms with Gasteiger partial charge >= 0.3 is 0 Å². The predicted molar refractivity (Wildman–Crippen MR) is 111 cm³/mol. The molecule has 7 nitrogen and oxygen atoms in total. The van der Waals surface area contributed by atoms with Crippen molar-refractivity contribution in [1.29, 1.82) is 0 Å². The van der Waals surface area contributed by atoms with Gasteiger partial charge in [-0.15, -0.1) is 0 Å². The molecule has 2 aromatic carbocycles. The fourth-order valence-electron chi connectivity index (χ4n) is 3.04. The third-order valence-electron chi connectivity index (χ3n) is 4.70. The van der Waals surface area contributed by atoms with Crippen LogP contribution >= 0.6 is 0 Å². The summed E-state index contributed by atoms with van der Waals surface area (Å²) in [4.78, 5) is 27.4. The SMILES string of the molecule is COc1ccc(CCC(=O)NCc2cc3cc(OC)c(OC)cc3[nH]c2=O)cc1. The molecule has 3 aromatic rings. The largest absolute Gasteiger partial charge is 0.497 e. The molecule has 0 fully saturated rings. The van der Waals surface area contributed by atoms with Gasteiger partial charge in [-0.25, -0.2) is 0 Å². The van der Waals surface area contributed by atoms with Gasteiger partial charge in [0.1, 0.15) is 5.75 Å². The maximum absolute atomic E-state index is 12.3. The molecular formula is C22H24N2O5. The van der Waals surface area contributed by atoms with Crippen LogP contribution in [0.2, 0.25) is 0 Å². The van der Waals surface area contributed by atoms with Crippen LogP contribution < -0.4 is 25.1 Å². The van der Waals surface area contributed by atoms with E-state index in [1.54, 1.807) is 32.4 Å². The molecule has 1 aromatic heterocycles. The summed E-state index contributed by atoms with van der Waals surface area (Å²) in [7, 11) is 4.71. The molecule has 0 spiro atoms. The van der Waals surface area contributed by atoms with E-state index < -0.39 is 0 Å². The van der Waals surface area contributed by atoms with Gasteiger partial charge in [-0.2, -0.15) is 0 Å². The number of methoxy groups -OCH3 is 3. The first kappa shape index (κ1) is 20.3. The molecule has 0 aliphatic carbocycles. The number of nitrogens with one attached hydrogen (secondary N) is 2. The molecule has 0 bridgehead atoms. The Balaban J connectivity index is 1.65. The van der Waals surface area contributed by atoms with Crippen LogP contribution in [0.25, 0.3) is 10.9 Å². The molecule has 0 saturated heterocycles. The summed E-state index contributed by atoms with van der Waals surface area (Å²) in [6.07, 6.45) is 0.948. The predicted octanol–water partition coefficient (Wildman–Crippen LogP) is 2.80. The summed E-state index contributed by atoms with van der Waals surface area (Å²) in [5, 5.41) is 3.60. The topological polar surface area (TPSA) is 89.7 Å². The molecule has 29 heavy (non-hydrogen) atoms. The van der Waals surface area contributed by atoms with E-state index in [-0.39, 0.29) is 18.0 Å². The minimum atomic E-state index is -0.250. The second-order valence-corrected chi connectivity index (χ2v) is 6.54. The molecule has 0 aliphatic rings. The zero-order valence-corrected chi connectivity index (χ0v) is 16.7. The maximum Gasteiger partial charge on any atom is 0.253 e. The van der Waals surface area contributed by atoms with Gasteiger partial charge in [-0.05, 0) is 36.2 Å². The zero-order valence-electron chi connectivity index (χ0n) is 16.7. The number of H-pyrrole nitrogens is 1. The van der Waals surface area contributed by atoms with Crippen molar-refractivity contribution in [2.75, 3.05) is 21.3 Å². The lowest BCUT2D eigenvalue weighted by molar-refractivity contribution is -0.121. The van der Waals surface area contributed by atoms with E-state index in [1.165, 1.54) is 7.11 Å². The number of hydrogen-bond donors (Lipinski definition) is 2. The number of rotatable bonds is 8. The molecule has 3 rings (SSSR count). The number of benzene rings is 2. The van der Waals surface area contributed by atoms with E-state index in [2.05, 4.69) is 10.3 Å². The molecule has 0 radical (unpaired) electrons. The Labute approximate surface area is 168 Å². The highest BCUT2D eigenvalue weighted by molar-refractivity contribution is 5.83. The number of pyridine rings is 1. The minimum Gasteiger partial charge on any atom is -0.497 e. The van der Waals surface area contributed by atoms with E-state index in [1.807, 2.05) is 24.3 Å². The number of aromatic nitrogens is 1. The van der Waals surface area contributed by atoms with Crippen molar-refractivity contribution in [3.8, 4) is 17.2 Å². The van der Waals surface area contributed by atoms with Gasteiger partial charge in [0.2, 0.25) is 5.91 Å². The Morgan fingerprint density at radius 2 is 1.66 bits per heavy atom. The van der Waals surface area contributed by atoms with Gasteiger partial charge in [0, 0.05) is 30.0 Å². The molecule has 0 unspecified atom stereocenters. The van der Waals surface area contributed by atoms with Gasteiger partial charge in [-0.1, -0.05) is 12.1 Å². The molecule has 0 atom stereocenters. The third-order valence-corrected chi connectivity index (χ3v) is 4.70. The average molecular weight is 396 g/mol. The number of amides is 1. The molecule has 1 heterocycles. The summed E-state index contributed by atoms with van der Waals surface area (Å²) in [6.45, 7) is 0.154. The van der Waals surface area contributed by atoms with E-state index in [0.29, 0.717) is 35.4 Å². The fourth-order valence-corrected chi connectivity index (χ4v) is 3.04. The maximum atomic E-state index is 12.3. The Morgan fingerprint density at radius 1 is 0.966 bits per heavy atom. The van der Waals surface area contributed by atoms with Gasteiger partial charge in [0.05, 0.1) is 26.8 Å². The van der Waals surface area contributed by atoms with Crippen molar-refractivity contribution >= 4 is 16.8 Å². The van der Waals surface area contributed by atoms with Crippen LogP contribution in [-0.4, -0.2) is 32.2 Å². The monoisotopic (exact) mass is 396 g/mol. The van der Waals surface area contributed by atoms with Gasteiger partial charge < -0.3 is 24.5 Å². The quantitative estimate of drug-likeness (QED) is 0.611. The number of carbonyl (C=O) groups excluding carboxylic acids is 1. The summed E-state index contributed by atoms with van der Waals surface area (Å²) in [6, 6.07) is 12.9. The standard InChI is InChI=1S/C22H24N2O5/c1-27-17-7-4-14(5-8-17)6-9-21(25)23-13-16-10-15-11-19(28-2)20(29-3)12-18(15)24-22(16)26/h4-5,7-8,10-12H,6,9,13H2,1-3H3,(H,23,25)(H,24,26). The second kappa shape index (κ2) is 9.14. The van der Waals surface area contributed by atoms with Crippen molar-refractivity contribution in [2.45, 2.75) is 19.4 Å². The van der Waals surface area contributed by atoms with E-state index in [0.717, 1.165) is 16.7 Å². The summed E-state index contributed by atoms with van der Waals surface area (Å²) < 4.78 is 15.7. The Hall–Kier alpha value is -3.48. The molecule has 0 saturated carbocycles. The molecule has 7 heteroatoms. The first-order valence-electron chi connectivity index (χ1n) is 9.21. The number of carbonyl (C=O) groups is 1. The van der Waals surface area contributed by atoms with Crippen molar-refractivity contribution < 1.29 is 19.0 Å². The second-order valence-electron chi connectivity index (χ2n) is 6.54. The first-order valence-corrected chi connectivity index (χ1v) is 9.21. The van der Waals surface area contributed by atoms with Crippen LogP contribution in [-0.2, 0) is 17.8 Å². The number of ether oxygens (including phenoxy) is 3. The van der Waals surface area contributed by atoms with Crippen LogP contribution in [0, 0.1) is 0 Å². The zero-order chi connectivity index (χ0) is 20.8. The lowest BCUT2D eigenvalue weighted by Crippen LogP contribution is -2.26. The highest BCUT2D eigenvalue weighted by Crippen LogP contribution is 2.31. The highest BCUT2D eigenvalue weighted by atomic mass is 16.5. The van der Waals surface area contributed by atoms with Gasteiger partial charge in [0.25, 0.3) is 5.56 Å². The first-order chi connectivity index (χ1) is 14.0. The summed E-state index contributed by atoms with van der Waals surface area (Å²) in [5.41, 5.74) is 1.91. The van der Waals surface area contributed by atoms with E-state index in [9.17, 15) is 9.59 Å². The van der Waals surface area contributed by atoms with Crippen LogP contribution in [0.4, 0.5) is 0 Å². The molecule has 0 aliphatic heterocycles.